The molecule has 0 radical (unpaired) electrons. The fraction of sp³-hybridized carbons (Fsp3) is 0.611. The van der Waals surface area contributed by atoms with Crippen LogP contribution in [-0.2, 0) is 0 Å². The number of benzene rings is 1. The number of guanidine groups is 1. The number of nitrogens with two attached hydrogens (primary N) is 1. The van der Waals surface area contributed by atoms with E-state index >= 15 is 0 Å². The lowest BCUT2D eigenvalue weighted by atomic mass is 10.1. The molecule has 3 N–H and O–H groups in total. The van der Waals surface area contributed by atoms with Crippen molar-refractivity contribution in [2.75, 3.05) is 41.4 Å². The molecule has 1 unspecified atom stereocenters. The molecule has 0 bridgehead atoms. The quantitative estimate of drug-likeness (QED) is 0.334. The first-order valence-electron chi connectivity index (χ1n) is 8.31. The van der Waals surface area contributed by atoms with Crippen LogP contribution in [0.5, 0.6) is 11.5 Å². The molecule has 0 amide bonds. The van der Waals surface area contributed by atoms with E-state index < -0.39 is 0 Å². The van der Waals surface area contributed by atoms with Gasteiger partial charge in [-0.05, 0) is 44.1 Å². The molecule has 144 valence electrons. The number of likely N-dealkylation sites (N-methyl/N-ethyl adjacent to an activating group) is 1. The highest BCUT2D eigenvalue weighted by molar-refractivity contribution is 14.0. The zero-order valence-corrected chi connectivity index (χ0v) is 18.5. The number of methoxy groups -OCH3 is 2. The van der Waals surface area contributed by atoms with Crippen LogP contribution in [-0.4, -0.2) is 52.3 Å². The third-order valence-electron chi connectivity index (χ3n) is 3.88. The Morgan fingerprint density at radius 1 is 1.20 bits per heavy atom. The van der Waals surface area contributed by atoms with Gasteiger partial charge in [-0.2, -0.15) is 0 Å². The average molecular weight is 464 g/mol. The van der Waals surface area contributed by atoms with Gasteiger partial charge in [-0.1, -0.05) is 19.9 Å². The number of nitrogens with zero attached hydrogens (tertiary/aromatic N) is 2. The van der Waals surface area contributed by atoms with Crippen LogP contribution in [0, 0.1) is 5.92 Å². The smallest absolute Gasteiger partial charge is 0.188 e. The number of hydrogen-bond acceptors (Lipinski definition) is 4. The van der Waals surface area contributed by atoms with Gasteiger partial charge < -0.3 is 25.4 Å². The summed E-state index contributed by atoms with van der Waals surface area (Å²) in [6.45, 7) is 5.79. The van der Waals surface area contributed by atoms with Gasteiger partial charge >= 0.3 is 0 Å². The summed E-state index contributed by atoms with van der Waals surface area (Å²) in [5.74, 6) is 2.57. The highest BCUT2D eigenvalue weighted by atomic mass is 127. The van der Waals surface area contributed by atoms with Gasteiger partial charge in [-0.15, -0.1) is 24.0 Å². The molecule has 0 aliphatic carbocycles. The van der Waals surface area contributed by atoms with Crippen LogP contribution in [0.2, 0.25) is 0 Å². The fourth-order valence-corrected chi connectivity index (χ4v) is 2.36. The van der Waals surface area contributed by atoms with Crippen molar-refractivity contribution in [1.29, 1.82) is 0 Å². The van der Waals surface area contributed by atoms with Gasteiger partial charge in [0.2, 0.25) is 0 Å². The zero-order chi connectivity index (χ0) is 18.1. The Morgan fingerprint density at radius 2 is 1.84 bits per heavy atom. The molecule has 1 rings (SSSR count). The van der Waals surface area contributed by atoms with Crippen molar-refractivity contribution >= 4 is 29.9 Å². The maximum absolute atomic E-state index is 5.96. The topological polar surface area (TPSA) is 72.1 Å². The van der Waals surface area contributed by atoms with Crippen molar-refractivity contribution in [3.8, 4) is 11.5 Å². The summed E-state index contributed by atoms with van der Waals surface area (Å²) in [7, 11) is 7.33. The Morgan fingerprint density at radius 3 is 2.36 bits per heavy atom. The van der Waals surface area contributed by atoms with Gasteiger partial charge in [0.1, 0.15) is 0 Å². The van der Waals surface area contributed by atoms with Gasteiger partial charge in [0, 0.05) is 6.54 Å². The standard InChI is InChI=1S/C18H32N4O2.HI/c1-13(2)9-10-20-18(19)21-12-15(22(3)4)14-7-8-16(23-5)17(11-14)24-6;/h7-8,11,13,15H,9-10,12H2,1-6H3,(H3,19,20,21);1H. The molecule has 7 heteroatoms. The van der Waals surface area contributed by atoms with Crippen LogP contribution in [0.15, 0.2) is 23.2 Å². The van der Waals surface area contributed by atoms with Gasteiger partial charge in [0.05, 0.1) is 26.8 Å². The van der Waals surface area contributed by atoms with E-state index in [1.165, 1.54) is 0 Å². The normalized spacial score (nSPS) is 12.7. The second-order valence-electron chi connectivity index (χ2n) is 6.43. The van der Waals surface area contributed by atoms with Crippen molar-refractivity contribution < 1.29 is 9.47 Å². The van der Waals surface area contributed by atoms with E-state index in [0.29, 0.717) is 24.2 Å². The van der Waals surface area contributed by atoms with E-state index in [9.17, 15) is 0 Å². The summed E-state index contributed by atoms with van der Waals surface area (Å²) in [5.41, 5.74) is 7.07. The number of ether oxygens (including phenoxy) is 2. The van der Waals surface area contributed by atoms with Crippen LogP contribution in [0.25, 0.3) is 0 Å². The van der Waals surface area contributed by atoms with Crippen molar-refractivity contribution in [2.45, 2.75) is 26.3 Å². The number of hydrogen-bond donors (Lipinski definition) is 2. The molecule has 0 aliphatic rings. The molecule has 0 saturated carbocycles. The Hall–Kier alpha value is -1.22. The predicted molar refractivity (Wildman–Crippen MR) is 115 cm³/mol. The number of aliphatic imine (C=N–C) groups is 1. The summed E-state index contributed by atoms with van der Waals surface area (Å²) < 4.78 is 10.7. The molecule has 25 heavy (non-hydrogen) atoms. The van der Waals surface area contributed by atoms with E-state index in [1.807, 2.05) is 32.3 Å². The van der Waals surface area contributed by atoms with E-state index in [-0.39, 0.29) is 30.0 Å². The van der Waals surface area contributed by atoms with Crippen LogP contribution in [0.1, 0.15) is 31.9 Å². The molecular formula is C18H33IN4O2. The van der Waals surface area contributed by atoms with Gasteiger partial charge in [-0.25, -0.2) is 0 Å². The molecule has 0 fully saturated rings. The Kier molecular flexibility index (Phi) is 11.6. The lowest BCUT2D eigenvalue weighted by Gasteiger charge is -2.24. The lowest BCUT2D eigenvalue weighted by molar-refractivity contribution is 0.303. The van der Waals surface area contributed by atoms with Crippen molar-refractivity contribution in [2.24, 2.45) is 16.6 Å². The third-order valence-corrected chi connectivity index (χ3v) is 3.88. The second-order valence-corrected chi connectivity index (χ2v) is 6.43. The van der Waals surface area contributed by atoms with Crippen molar-refractivity contribution in [3.05, 3.63) is 23.8 Å². The third kappa shape index (κ3) is 8.13. The minimum atomic E-state index is 0. The van der Waals surface area contributed by atoms with Gasteiger partial charge in [0.15, 0.2) is 17.5 Å². The molecule has 6 nitrogen and oxygen atoms in total. The SMILES string of the molecule is COc1ccc(C(CN=C(N)NCCC(C)C)N(C)C)cc1OC.I. The number of rotatable bonds is 9. The maximum atomic E-state index is 5.96. The fourth-order valence-electron chi connectivity index (χ4n) is 2.36. The van der Waals surface area contributed by atoms with Crippen molar-refractivity contribution in [3.63, 3.8) is 0 Å². The first kappa shape index (κ1) is 23.8. The minimum Gasteiger partial charge on any atom is -0.493 e. The Bertz CT molecular complexity index is 536. The Labute approximate surface area is 169 Å². The molecular weight excluding hydrogens is 431 g/mol. The number of halogens is 1. The molecule has 0 spiro atoms. The summed E-state index contributed by atoms with van der Waals surface area (Å²) in [4.78, 5) is 6.60. The highest BCUT2D eigenvalue weighted by Gasteiger charge is 2.16. The van der Waals surface area contributed by atoms with E-state index in [4.69, 9.17) is 15.2 Å². The molecule has 1 aromatic carbocycles. The molecule has 1 atom stereocenters. The predicted octanol–water partition coefficient (Wildman–Crippen LogP) is 2.87. The Balaban J connectivity index is 0.00000576. The van der Waals surface area contributed by atoms with Gasteiger partial charge in [-0.3, -0.25) is 4.99 Å². The first-order chi connectivity index (χ1) is 11.4. The molecule has 0 aromatic heterocycles. The minimum absolute atomic E-state index is 0. The van der Waals surface area contributed by atoms with E-state index in [0.717, 1.165) is 24.3 Å². The van der Waals surface area contributed by atoms with Crippen LogP contribution in [0.4, 0.5) is 0 Å². The summed E-state index contributed by atoms with van der Waals surface area (Å²) >= 11 is 0. The maximum Gasteiger partial charge on any atom is 0.188 e. The van der Waals surface area contributed by atoms with E-state index in [1.54, 1.807) is 14.2 Å². The molecule has 0 heterocycles. The lowest BCUT2D eigenvalue weighted by Crippen LogP contribution is -2.34. The van der Waals surface area contributed by atoms with Crippen molar-refractivity contribution in [1.82, 2.24) is 10.2 Å². The highest BCUT2D eigenvalue weighted by Crippen LogP contribution is 2.31. The molecule has 1 aromatic rings. The molecule has 0 saturated heterocycles. The average Bonchev–Trinajstić information content (AvgIpc) is 2.54. The summed E-state index contributed by atoms with van der Waals surface area (Å²) in [6.07, 6.45) is 1.07. The van der Waals surface area contributed by atoms with Crippen LogP contribution >= 0.6 is 24.0 Å². The first-order valence-corrected chi connectivity index (χ1v) is 8.31. The van der Waals surface area contributed by atoms with E-state index in [2.05, 4.69) is 29.1 Å². The monoisotopic (exact) mass is 464 g/mol. The second kappa shape index (κ2) is 12.2. The van der Waals surface area contributed by atoms with Crippen LogP contribution in [0.3, 0.4) is 0 Å². The summed E-state index contributed by atoms with van der Waals surface area (Å²) in [5, 5.41) is 3.17. The summed E-state index contributed by atoms with van der Waals surface area (Å²) in [6, 6.07) is 6.04. The zero-order valence-electron chi connectivity index (χ0n) is 16.2. The number of nitrogens with one attached hydrogen (secondary N) is 1. The molecule has 0 aliphatic heterocycles. The van der Waals surface area contributed by atoms with Crippen LogP contribution < -0.4 is 20.5 Å². The largest absolute Gasteiger partial charge is 0.493 e. The van der Waals surface area contributed by atoms with Gasteiger partial charge in [0.25, 0.3) is 0 Å².